The minimum Gasteiger partial charge on any atom is -0.327 e. The first-order chi connectivity index (χ1) is 6.83. The van der Waals surface area contributed by atoms with Crippen LogP contribution in [-0.4, -0.2) is 22.5 Å². The SMILES string of the molecule is CCC(N)CSCCc1cccnc1. The first-order valence-corrected chi connectivity index (χ1v) is 6.20. The molecule has 1 aromatic rings. The number of aromatic nitrogens is 1. The Bertz CT molecular complexity index is 238. The van der Waals surface area contributed by atoms with Crippen LogP contribution >= 0.6 is 11.8 Å². The fourth-order valence-corrected chi connectivity index (χ4v) is 2.17. The van der Waals surface area contributed by atoms with Gasteiger partial charge in [0.25, 0.3) is 0 Å². The molecule has 2 nitrogen and oxygen atoms in total. The zero-order chi connectivity index (χ0) is 10.2. The van der Waals surface area contributed by atoms with Crippen molar-refractivity contribution in [1.82, 2.24) is 4.98 Å². The van der Waals surface area contributed by atoms with Crippen LogP contribution in [0, 0.1) is 0 Å². The maximum atomic E-state index is 5.82. The van der Waals surface area contributed by atoms with Gasteiger partial charge in [-0.25, -0.2) is 0 Å². The minimum atomic E-state index is 0.355. The lowest BCUT2D eigenvalue weighted by atomic mass is 10.2. The average Bonchev–Trinajstić information content (AvgIpc) is 2.25. The highest BCUT2D eigenvalue weighted by atomic mass is 32.2. The molecule has 14 heavy (non-hydrogen) atoms. The van der Waals surface area contributed by atoms with Crippen molar-refractivity contribution in [3.05, 3.63) is 30.1 Å². The Morgan fingerprint density at radius 1 is 1.57 bits per heavy atom. The summed E-state index contributed by atoms with van der Waals surface area (Å²) in [6.07, 6.45) is 5.90. The van der Waals surface area contributed by atoms with Crippen LogP contribution in [0.1, 0.15) is 18.9 Å². The van der Waals surface area contributed by atoms with E-state index in [0.717, 1.165) is 24.3 Å². The maximum Gasteiger partial charge on any atom is 0.0300 e. The number of nitrogens with zero attached hydrogens (tertiary/aromatic N) is 1. The normalized spacial score (nSPS) is 12.7. The van der Waals surface area contributed by atoms with E-state index >= 15 is 0 Å². The zero-order valence-electron chi connectivity index (χ0n) is 8.65. The number of hydrogen-bond acceptors (Lipinski definition) is 3. The highest BCUT2D eigenvalue weighted by Gasteiger charge is 1.98. The summed E-state index contributed by atoms with van der Waals surface area (Å²) in [7, 11) is 0. The summed E-state index contributed by atoms with van der Waals surface area (Å²) in [6.45, 7) is 2.13. The molecule has 1 aromatic heterocycles. The van der Waals surface area contributed by atoms with Crippen molar-refractivity contribution in [2.45, 2.75) is 25.8 Å². The van der Waals surface area contributed by atoms with Crippen LogP contribution in [0.25, 0.3) is 0 Å². The van der Waals surface area contributed by atoms with Gasteiger partial charge in [-0.2, -0.15) is 11.8 Å². The first-order valence-electron chi connectivity index (χ1n) is 5.05. The summed E-state index contributed by atoms with van der Waals surface area (Å²) < 4.78 is 0. The van der Waals surface area contributed by atoms with E-state index in [0.29, 0.717) is 6.04 Å². The molecule has 1 rings (SSSR count). The lowest BCUT2D eigenvalue weighted by Gasteiger charge is -2.07. The Morgan fingerprint density at radius 3 is 3.07 bits per heavy atom. The topological polar surface area (TPSA) is 38.9 Å². The molecule has 1 unspecified atom stereocenters. The average molecular weight is 210 g/mol. The third-order valence-corrected chi connectivity index (χ3v) is 3.27. The van der Waals surface area contributed by atoms with Gasteiger partial charge < -0.3 is 5.73 Å². The molecule has 0 bridgehead atoms. The highest BCUT2D eigenvalue weighted by molar-refractivity contribution is 7.99. The lowest BCUT2D eigenvalue weighted by molar-refractivity contribution is 0.724. The Balaban J connectivity index is 2.10. The van der Waals surface area contributed by atoms with E-state index in [-0.39, 0.29) is 0 Å². The molecule has 0 fully saturated rings. The van der Waals surface area contributed by atoms with Crippen molar-refractivity contribution in [3.63, 3.8) is 0 Å². The van der Waals surface area contributed by atoms with E-state index in [1.54, 1.807) is 0 Å². The van der Waals surface area contributed by atoms with Crippen LogP contribution in [0.5, 0.6) is 0 Å². The Kier molecular flexibility index (Phi) is 5.64. The van der Waals surface area contributed by atoms with Gasteiger partial charge in [0.15, 0.2) is 0 Å². The molecule has 0 aliphatic heterocycles. The van der Waals surface area contributed by atoms with Crippen LogP contribution < -0.4 is 5.73 Å². The van der Waals surface area contributed by atoms with Crippen molar-refractivity contribution in [3.8, 4) is 0 Å². The van der Waals surface area contributed by atoms with E-state index in [1.165, 1.54) is 5.56 Å². The van der Waals surface area contributed by atoms with E-state index in [4.69, 9.17) is 5.73 Å². The fraction of sp³-hybridized carbons (Fsp3) is 0.545. The largest absolute Gasteiger partial charge is 0.327 e. The van der Waals surface area contributed by atoms with Gasteiger partial charge in [-0.1, -0.05) is 13.0 Å². The number of nitrogens with two attached hydrogens (primary N) is 1. The van der Waals surface area contributed by atoms with Crippen molar-refractivity contribution in [2.75, 3.05) is 11.5 Å². The molecular weight excluding hydrogens is 192 g/mol. The van der Waals surface area contributed by atoms with E-state index in [1.807, 2.05) is 30.2 Å². The quantitative estimate of drug-likeness (QED) is 0.731. The van der Waals surface area contributed by atoms with Gasteiger partial charge in [0, 0.05) is 24.2 Å². The van der Waals surface area contributed by atoms with E-state index < -0.39 is 0 Å². The number of hydrogen-bond donors (Lipinski definition) is 1. The van der Waals surface area contributed by atoms with E-state index in [2.05, 4.69) is 18.0 Å². The predicted octanol–water partition coefficient (Wildman–Crippen LogP) is 2.09. The molecule has 3 heteroatoms. The molecule has 0 amide bonds. The molecule has 0 aromatic carbocycles. The summed E-state index contributed by atoms with van der Waals surface area (Å²) >= 11 is 1.93. The van der Waals surface area contributed by atoms with Crippen LogP contribution in [0.15, 0.2) is 24.5 Å². The molecule has 0 saturated heterocycles. The Labute approximate surface area is 90.3 Å². The molecule has 0 spiro atoms. The van der Waals surface area contributed by atoms with Crippen LogP contribution in [-0.2, 0) is 6.42 Å². The lowest BCUT2D eigenvalue weighted by Crippen LogP contribution is -2.21. The maximum absolute atomic E-state index is 5.82. The van der Waals surface area contributed by atoms with E-state index in [9.17, 15) is 0 Å². The molecule has 1 heterocycles. The van der Waals surface area contributed by atoms with Crippen molar-refractivity contribution < 1.29 is 0 Å². The minimum absolute atomic E-state index is 0.355. The van der Waals surface area contributed by atoms with Gasteiger partial charge >= 0.3 is 0 Å². The monoisotopic (exact) mass is 210 g/mol. The molecule has 0 saturated carbocycles. The van der Waals surface area contributed by atoms with Crippen molar-refractivity contribution >= 4 is 11.8 Å². The summed E-state index contributed by atoms with van der Waals surface area (Å²) in [4.78, 5) is 4.08. The van der Waals surface area contributed by atoms with Crippen LogP contribution in [0.2, 0.25) is 0 Å². The Hall–Kier alpha value is -0.540. The predicted molar refractivity (Wildman–Crippen MR) is 63.5 cm³/mol. The van der Waals surface area contributed by atoms with Gasteiger partial charge in [-0.15, -0.1) is 0 Å². The number of rotatable bonds is 6. The van der Waals surface area contributed by atoms with Crippen molar-refractivity contribution in [2.24, 2.45) is 5.73 Å². The molecule has 2 N–H and O–H groups in total. The second-order valence-electron chi connectivity index (χ2n) is 3.35. The van der Waals surface area contributed by atoms with Gasteiger partial charge in [0.1, 0.15) is 0 Å². The molecule has 0 aliphatic rings. The second-order valence-corrected chi connectivity index (χ2v) is 4.50. The van der Waals surface area contributed by atoms with Gasteiger partial charge in [-0.3, -0.25) is 4.98 Å². The second kappa shape index (κ2) is 6.85. The molecule has 0 radical (unpaired) electrons. The van der Waals surface area contributed by atoms with Gasteiger partial charge in [0.05, 0.1) is 0 Å². The van der Waals surface area contributed by atoms with Crippen LogP contribution in [0.3, 0.4) is 0 Å². The highest BCUT2D eigenvalue weighted by Crippen LogP contribution is 2.07. The van der Waals surface area contributed by atoms with Crippen molar-refractivity contribution in [1.29, 1.82) is 0 Å². The molecule has 1 atom stereocenters. The summed E-state index contributed by atoms with van der Waals surface area (Å²) in [5.74, 6) is 2.20. The number of aryl methyl sites for hydroxylation is 1. The molecular formula is C11H18N2S. The fourth-order valence-electron chi connectivity index (χ4n) is 1.09. The zero-order valence-corrected chi connectivity index (χ0v) is 9.46. The first kappa shape index (κ1) is 11.5. The third kappa shape index (κ3) is 4.63. The van der Waals surface area contributed by atoms with Gasteiger partial charge in [-0.05, 0) is 30.2 Å². The van der Waals surface area contributed by atoms with Crippen LogP contribution in [0.4, 0.5) is 0 Å². The standard InChI is InChI=1S/C11H18N2S/c1-2-11(12)9-14-7-5-10-4-3-6-13-8-10/h3-4,6,8,11H,2,5,7,9,12H2,1H3. The summed E-state index contributed by atoms with van der Waals surface area (Å²) in [6, 6.07) is 4.46. The molecule has 78 valence electrons. The Morgan fingerprint density at radius 2 is 2.43 bits per heavy atom. The van der Waals surface area contributed by atoms with Gasteiger partial charge in [0.2, 0.25) is 0 Å². The summed E-state index contributed by atoms with van der Waals surface area (Å²) in [5.41, 5.74) is 7.13. The number of thioether (sulfide) groups is 1. The molecule has 0 aliphatic carbocycles. The number of pyridine rings is 1. The third-order valence-electron chi connectivity index (χ3n) is 2.11. The smallest absolute Gasteiger partial charge is 0.0300 e. The summed E-state index contributed by atoms with van der Waals surface area (Å²) in [5, 5.41) is 0.